The quantitative estimate of drug-likeness (QED) is 0.924. The van der Waals surface area contributed by atoms with E-state index in [1.165, 1.54) is 12.6 Å². The molecule has 2 aromatic rings. The molecule has 0 radical (unpaired) electrons. The van der Waals surface area contributed by atoms with Gasteiger partial charge >= 0.3 is 0 Å². The molecule has 1 atom stereocenters. The van der Waals surface area contributed by atoms with Crippen LogP contribution in [0.4, 0.5) is 5.69 Å². The molecule has 1 aliphatic rings. The summed E-state index contributed by atoms with van der Waals surface area (Å²) in [6.45, 7) is 2.90. The first kappa shape index (κ1) is 17.1. The van der Waals surface area contributed by atoms with Gasteiger partial charge in [0, 0.05) is 30.0 Å². The molecule has 0 saturated carbocycles. The number of aromatic nitrogens is 1. The van der Waals surface area contributed by atoms with Crippen LogP contribution >= 0.6 is 0 Å². The lowest BCUT2D eigenvalue weighted by Gasteiger charge is -2.35. The maximum Gasteiger partial charge on any atom is 0.274 e. The fourth-order valence-electron chi connectivity index (χ4n) is 3.26. The number of amides is 2. The van der Waals surface area contributed by atoms with Gasteiger partial charge in [-0.1, -0.05) is 25.1 Å². The third kappa shape index (κ3) is 4.05. The number of para-hydroxylation sites is 1. The Kier molecular flexibility index (Phi) is 5.43. The van der Waals surface area contributed by atoms with E-state index in [0.717, 1.165) is 25.8 Å². The Morgan fingerprint density at radius 3 is 2.76 bits per heavy atom. The number of nitrogens with zero attached hydrogens (tertiary/aromatic N) is 2. The summed E-state index contributed by atoms with van der Waals surface area (Å²) in [6, 6.07) is 12.8. The minimum Gasteiger partial charge on any atom is -0.336 e. The van der Waals surface area contributed by atoms with E-state index in [0.29, 0.717) is 11.3 Å². The molecule has 1 aromatic carbocycles. The zero-order valence-corrected chi connectivity index (χ0v) is 14.4. The third-order valence-electron chi connectivity index (χ3n) is 4.63. The fraction of sp³-hybridized carbons (Fsp3) is 0.350. The highest BCUT2D eigenvalue weighted by atomic mass is 16.2. The third-order valence-corrected chi connectivity index (χ3v) is 4.63. The number of carbonyl (C=O) groups is 2. The summed E-state index contributed by atoms with van der Waals surface area (Å²) >= 11 is 0. The van der Waals surface area contributed by atoms with Crippen LogP contribution < -0.4 is 5.32 Å². The van der Waals surface area contributed by atoms with Crippen LogP contribution in [-0.4, -0.2) is 34.3 Å². The van der Waals surface area contributed by atoms with Crippen LogP contribution in [-0.2, 0) is 0 Å². The highest BCUT2D eigenvalue weighted by Crippen LogP contribution is 2.22. The van der Waals surface area contributed by atoms with Crippen LogP contribution in [0.2, 0.25) is 0 Å². The number of benzene rings is 1. The molecule has 5 nitrogen and oxygen atoms in total. The van der Waals surface area contributed by atoms with Gasteiger partial charge in [0.15, 0.2) is 0 Å². The Bertz CT molecular complexity index is 746. The highest BCUT2D eigenvalue weighted by molar-refractivity contribution is 6.04. The van der Waals surface area contributed by atoms with Crippen molar-refractivity contribution in [2.75, 3.05) is 11.9 Å². The summed E-state index contributed by atoms with van der Waals surface area (Å²) in [5.74, 6) is -0.325. The van der Waals surface area contributed by atoms with Crippen molar-refractivity contribution in [1.29, 1.82) is 0 Å². The number of carbonyl (C=O) groups excluding carboxylic acids is 2. The molecule has 1 fully saturated rings. The summed E-state index contributed by atoms with van der Waals surface area (Å²) in [7, 11) is 0. The second-order valence-electron chi connectivity index (χ2n) is 6.31. The van der Waals surface area contributed by atoms with Crippen molar-refractivity contribution < 1.29 is 9.59 Å². The van der Waals surface area contributed by atoms with Gasteiger partial charge in [-0.15, -0.1) is 0 Å². The van der Waals surface area contributed by atoms with Crippen molar-refractivity contribution in [1.82, 2.24) is 9.88 Å². The lowest BCUT2D eigenvalue weighted by molar-refractivity contribution is 0.0608. The minimum absolute atomic E-state index is 0.0114. The molecule has 2 amide bonds. The number of rotatable bonds is 4. The first-order valence-electron chi connectivity index (χ1n) is 8.82. The summed E-state index contributed by atoms with van der Waals surface area (Å²) in [5.41, 5.74) is 1.47. The summed E-state index contributed by atoms with van der Waals surface area (Å²) in [4.78, 5) is 31.3. The average Bonchev–Trinajstić information content (AvgIpc) is 2.68. The molecule has 25 heavy (non-hydrogen) atoms. The van der Waals surface area contributed by atoms with Gasteiger partial charge in [0.25, 0.3) is 11.8 Å². The molecule has 0 spiro atoms. The second kappa shape index (κ2) is 7.92. The molecule has 1 aromatic heterocycles. The number of likely N-dealkylation sites (tertiary alicyclic amines) is 1. The average molecular weight is 337 g/mol. The molecule has 0 aliphatic carbocycles. The summed E-state index contributed by atoms with van der Waals surface area (Å²) in [5, 5.41) is 2.80. The van der Waals surface area contributed by atoms with E-state index in [-0.39, 0.29) is 23.6 Å². The Hall–Kier alpha value is -2.69. The standard InChI is InChI=1S/C20H23N3O2/c1-2-17-10-6-7-13-23(17)20(25)15-11-12-21-18(14-15)19(24)22-16-8-4-3-5-9-16/h3-5,8-9,11-12,14,17H,2,6-7,10,13H2,1H3,(H,22,24). The van der Waals surface area contributed by atoms with E-state index in [1.807, 2.05) is 35.2 Å². The van der Waals surface area contributed by atoms with Crippen molar-refractivity contribution in [3.63, 3.8) is 0 Å². The van der Waals surface area contributed by atoms with E-state index < -0.39 is 0 Å². The fourth-order valence-corrected chi connectivity index (χ4v) is 3.26. The van der Waals surface area contributed by atoms with Gasteiger partial charge in [-0.05, 0) is 49.9 Å². The maximum atomic E-state index is 12.9. The smallest absolute Gasteiger partial charge is 0.274 e. The van der Waals surface area contributed by atoms with E-state index >= 15 is 0 Å². The van der Waals surface area contributed by atoms with Gasteiger partial charge in [-0.25, -0.2) is 0 Å². The molecule has 130 valence electrons. The van der Waals surface area contributed by atoms with Crippen molar-refractivity contribution in [3.05, 3.63) is 59.9 Å². The van der Waals surface area contributed by atoms with Crippen LogP contribution in [0.25, 0.3) is 0 Å². The maximum absolute atomic E-state index is 12.9. The number of hydrogen-bond acceptors (Lipinski definition) is 3. The van der Waals surface area contributed by atoms with Crippen LogP contribution in [0.1, 0.15) is 53.5 Å². The molecule has 0 bridgehead atoms. The van der Waals surface area contributed by atoms with Gasteiger partial charge < -0.3 is 10.2 Å². The van der Waals surface area contributed by atoms with E-state index in [9.17, 15) is 9.59 Å². The lowest BCUT2D eigenvalue weighted by atomic mass is 9.99. The largest absolute Gasteiger partial charge is 0.336 e. The zero-order chi connectivity index (χ0) is 17.6. The van der Waals surface area contributed by atoms with Gasteiger partial charge in [-0.3, -0.25) is 14.6 Å². The van der Waals surface area contributed by atoms with Gasteiger partial charge in [0.2, 0.25) is 0 Å². The Morgan fingerprint density at radius 2 is 2.00 bits per heavy atom. The lowest BCUT2D eigenvalue weighted by Crippen LogP contribution is -2.43. The Labute approximate surface area is 148 Å². The predicted molar refractivity (Wildman–Crippen MR) is 97.6 cm³/mol. The van der Waals surface area contributed by atoms with E-state index in [1.54, 1.807) is 12.1 Å². The monoisotopic (exact) mass is 337 g/mol. The minimum atomic E-state index is -0.313. The SMILES string of the molecule is CCC1CCCCN1C(=O)c1ccnc(C(=O)Nc2ccccc2)c1. The first-order chi connectivity index (χ1) is 12.2. The van der Waals surface area contributed by atoms with Crippen LogP contribution in [0.5, 0.6) is 0 Å². The van der Waals surface area contributed by atoms with Crippen molar-refractivity contribution >= 4 is 17.5 Å². The molecular formula is C20H23N3O2. The summed E-state index contributed by atoms with van der Waals surface area (Å²) < 4.78 is 0. The number of hydrogen-bond donors (Lipinski definition) is 1. The van der Waals surface area contributed by atoms with Crippen LogP contribution in [0.15, 0.2) is 48.7 Å². The molecule has 1 saturated heterocycles. The van der Waals surface area contributed by atoms with Crippen LogP contribution in [0, 0.1) is 0 Å². The van der Waals surface area contributed by atoms with Gasteiger partial charge in [0.05, 0.1) is 0 Å². The molecule has 1 N–H and O–H groups in total. The van der Waals surface area contributed by atoms with Crippen molar-refractivity contribution in [2.45, 2.75) is 38.6 Å². The normalized spacial score (nSPS) is 17.2. The van der Waals surface area contributed by atoms with Crippen molar-refractivity contribution in [3.8, 4) is 0 Å². The van der Waals surface area contributed by atoms with Crippen LogP contribution in [0.3, 0.4) is 0 Å². The molecule has 1 aliphatic heterocycles. The Balaban J connectivity index is 1.76. The molecule has 1 unspecified atom stereocenters. The summed E-state index contributed by atoms with van der Waals surface area (Å²) in [6.07, 6.45) is 5.74. The number of anilines is 1. The first-order valence-corrected chi connectivity index (χ1v) is 8.82. The van der Waals surface area contributed by atoms with E-state index in [4.69, 9.17) is 0 Å². The Morgan fingerprint density at radius 1 is 1.20 bits per heavy atom. The van der Waals surface area contributed by atoms with Crippen molar-refractivity contribution in [2.24, 2.45) is 0 Å². The molecule has 2 heterocycles. The number of piperidine rings is 1. The molecule has 3 rings (SSSR count). The molecular weight excluding hydrogens is 314 g/mol. The molecule has 5 heteroatoms. The number of pyridine rings is 1. The predicted octanol–water partition coefficient (Wildman–Crippen LogP) is 3.74. The van der Waals surface area contributed by atoms with Gasteiger partial charge in [-0.2, -0.15) is 0 Å². The zero-order valence-electron chi connectivity index (χ0n) is 14.4. The van der Waals surface area contributed by atoms with Gasteiger partial charge in [0.1, 0.15) is 5.69 Å². The van der Waals surface area contributed by atoms with E-state index in [2.05, 4.69) is 17.2 Å². The number of nitrogens with one attached hydrogen (secondary N) is 1. The second-order valence-corrected chi connectivity index (χ2v) is 6.31. The topological polar surface area (TPSA) is 62.3 Å². The highest BCUT2D eigenvalue weighted by Gasteiger charge is 2.26.